The number of aryl methyl sites for hydroxylation is 1. The summed E-state index contributed by atoms with van der Waals surface area (Å²) in [6.45, 7) is 2.06. The lowest BCUT2D eigenvalue weighted by Gasteiger charge is -2.14. The molecule has 13 heavy (non-hydrogen) atoms. The first-order valence-corrected chi connectivity index (χ1v) is 4.44. The van der Waals surface area contributed by atoms with Crippen molar-refractivity contribution in [3.05, 3.63) is 29.3 Å². The normalized spacial score (nSPS) is 9.77. The van der Waals surface area contributed by atoms with E-state index in [1.54, 1.807) is 0 Å². The second-order valence-electron chi connectivity index (χ2n) is 3.25. The number of benzene rings is 1. The van der Waals surface area contributed by atoms with Crippen LogP contribution >= 0.6 is 0 Å². The van der Waals surface area contributed by atoms with Crippen LogP contribution in [-0.4, -0.2) is 20.4 Å². The van der Waals surface area contributed by atoms with E-state index in [9.17, 15) is 4.79 Å². The number of aldehydes is 1. The Morgan fingerprint density at radius 1 is 1.38 bits per heavy atom. The Morgan fingerprint density at radius 3 is 2.54 bits per heavy atom. The molecule has 0 atom stereocenters. The van der Waals surface area contributed by atoms with E-state index in [0.29, 0.717) is 0 Å². The van der Waals surface area contributed by atoms with Gasteiger partial charge in [-0.2, -0.15) is 0 Å². The van der Waals surface area contributed by atoms with Crippen molar-refractivity contribution in [2.45, 2.75) is 13.3 Å². The van der Waals surface area contributed by atoms with Gasteiger partial charge in [-0.3, -0.25) is 4.79 Å². The van der Waals surface area contributed by atoms with Crippen LogP contribution in [0.5, 0.6) is 0 Å². The Morgan fingerprint density at radius 2 is 2.08 bits per heavy atom. The third-order valence-electron chi connectivity index (χ3n) is 2.15. The zero-order valence-corrected chi connectivity index (χ0v) is 8.37. The van der Waals surface area contributed by atoms with Gasteiger partial charge < -0.3 is 4.90 Å². The summed E-state index contributed by atoms with van der Waals surface area (Å²) in [4.78, 5) is 12.7. The molecular weight excluding hydrogens is 162 g/mol. The zero-order valence-electron chi connectivity index (χ0n) is 8.37. The predicted molar refractivity (Wildman–Crippen MR) is 55.5 cm³/mol. The van der Waals surface area contributed by atoms with Gasteiger partial charge in [0.1, 0.15) is 6.29 Å². The van der Waals surface area contributed by atoms with E-state index in [4.69, 9.17) is 0 Å². The van der Waals surface area contributed by atoms with Crippen LogP contribution in [0.2, 0.25) is 0 Å². The maximum Gasteiger partial charge on any atom is 0.150 e. The first-order chi connectivity index (χ1) is 6.19. The van der Waals surface area contributed by atoms with Crippen molar-refractivity contribution >= 4 is 12.0 Å². The number of hydrogen-bond donors (Lipinski definition) is 0. The minimum absolute atomic E-state index is 0.799. The topological polar surface area (TPSA) is 20.3 Å². The maximum absolute atomic E-state index is 10.7. The molecule has 0 heterocycles. The van der Waals surface area contributed by atoms with Gasteiger partial charge >= 0.3 is 0 Å². The summed E-state index contributed by atoms with van der Waals surface area (Å²) in [5, 5.41) is 0. The zero-order chi connectivity index (χ0) is 9.84. The Labute approximate surface area is 79.2 Å². The summed E-state index contributed by atoms with van der Waals surface area (Å²) in [7, 11) is 3.99. The molecule has 0 aromatic heterocycles. The molecule has 1 aromatic carbocycles. The molecule has 0 aliphatic rings. The molecule has 70 valence electrons. The van der Waals surface area contributed by atoms with Crippen molar-refractivity contribution < 1.29 is 4.79 Å². The van der Waals surface area contributed by atoms with E-state index >= 15 is 0 Å². The second kappa shape index (κ2) is 4.08. The molecular formula is C11H15NO. The van der Waals surface area contributed by atoms with Gasteiger partial charge in [0.2, 0.25) is 0 Å². The number of hydrogen-bond acceptors (Lipinski definition) is 2. The molecule has 0 N–H and O–H groups in total. The van der Waals surface area contributed by atoms with Crippen molar-refractivity contribution in [3.8, 4) is 0 Å². The lowest BCUT2D eigenvalue weighted by atomic mass is 10.1. The van der Waals surface area contributed by atoms with Gasteiger partial charge in [-0.15, -0.1) is 0 Å². The molecule has 0 fully saturated rings. The lowest BCUT2D eigenvalue weighted by Crippen LogP contribution is -2.09. The van der Waals surface area contributed by atoms with E-state index in [1.807, 2.05) is 31.1 Å². The van der Waals surface area contributed by atoms with Crippen molar-refractivity contribution in [1.82, 2.24) is 0 Å². The third-order valence-corrected chi connectivity index (χ3v) is 2.15. The number of carbonyl (C=O) groups excluding carboxylic acids is 1. The molecule has 0 aliphatic heterocycles. The number of rotatable bonds is 3. The summed E-state index contributed by atoms with van der Waals surface area (Å²) in [6.07, 6.45) is 1.81. The average molecular weight is 177 g/mol. The summed E-state index contributed by atoms with van der Waals surface area (Å²) in [5.74, 6) is 0. The molecule has 0 saturated carbocycles. The fourth-order valence-corrected chi connectivity index (χ4v) is 1.29. The van der Waals surface area contributed by atoms with Crippen molar-refractivity contribution in [2.75, 3.05) is 19.0 Å². The standard InChI is InChI=1S/C11H15NO/c1-4-9-7-11(12(2)3)6-5-10(9)8-13/h5-8H,4H2,1-3H3. The van der Waals surface area contributed by atoms with Gasteiger partial charge in [0, 0.05) is 25.3 Å². The Kier molecular flexibility index (Phi) is 3.07. The molecule has 0 spiro atoms. The van der Waals surface area contributed by atoms with E-state index in [0.717, 1.165) is 29.5 Å². The van der Waals surface area contributed by atoms with E-state index in [2.05, 4.69) is 13.0 Å². The smallest absolute Gasteiger partial charge is 0.150 e. The summed E-state index contributed by atoms with van der Waals surface area (Å²) in [5.41, 5.74) is 3.05. The van der Waals surface area contributed by atoms with Crippen LogP contribution in [0.15, 0.2) is 18.2 Å². The van der Waals surface area contributed by atoms with Crippen LogP contribution in [-0.2, 0) is 6.42 Å². The molecule has 0 bridgehead atoms. The average Bonchev–Trinajstić information content (AvgIpc) is 2.16. The second-order valence-corrected chi connectivity index (χ2v) is 3.25. The molecule has 0 amide bonds. The van der Waals surface area contributed by atoms with E-state index in [1.165, 1.54) is 0 Å². The molecule has 0 unspecified atom stereocenters. The Bertz CT molecular complexity index is 305. The van der Waals surface area contributed by atoms with E-state index in [-0.39, 0.29) is 0 Å². The number of anilines is 1. The largest absolute Gasteiger partial charge is 0.378 e. The summed E-state index contributed by atoms with van der Waals surface area (Å²) in [6, 6.07) is 5.90. The lowest BCUT2D eigenvalue weighted by molar-refractivity contribution is 0.112. The molecule has 2 heteroatoms. The predicted octanol–water partition coefficient (Wildman–Crippen LogP) is 2.13. The van der Waals surface area contributed by atoms with Gasteiger partial charge in [-0.1, -0.05) is 6.92 Å². The van der Waals surface area contributed by atoms with Crippen LogP contribution in [0.25, 0.3) is 0 Å². The fourth-order valence-electron chi connectivity index (χ4n) is 1.29. The van der Waals surface area contributed by atoms with Gasteiger partial charge in [0.25, 0.3) is 0 Å². The van der Waals surface area contributed by atoms with Crippen LogP contribution in [0.3, 0.4) is 0 Å². The minimum Gasteiger partial charge on any atom is -0.378 e. The Hall–Kier alpha value is -1.31. The monoisotopic (exact) mass is 177 g/mol. The van der Waals surface area contributed by atoms with Crippen LogP contribution < -0.4 is 4.90 Å². The van der Waals surface area contributed by atoms with Gasteiger partial charge in [0.15, 0.2) is 0 Å². The number of nitrogens with zero attached hydrogens (tertiary/aromatic N) is 1. The highest BCUT2D eigenvalue weighted by molar-refractivity contribution is 5.78. The summed E-state index contributed by atoms with van der Waals surface area (Å²) < 4.78 is 0. The molecule has 0 radical (unpaired) electrons. The minimum atomic E-state index is 0.799. The number of carbonyl (C=O) groups is 1. The highest BCUT2D eigenvalue weighted by Gasteiger charge is 2.01. The van der Waals surface area contributed by atoms with Gasteiger partial charge in [0.05, 0.1) is 0 Å². The van der Waals surface area contributed by atoms with Crippen LogP contribution in [0.4, 0.5) is 5.69 Å². The third kappa shape index (κ3) is 2.08. The fraction of sp³-hybridized carbons (Fsp3) is 0.364. The molecule has 2 nitrogen and oxygen atoms in total. The van der Waals surface area contributed by atoms with E-state index < -0.39 is 0 Å². The van der Waals surface area contributed by atoms with Crippen molar-refractivity contribution in [3.63, 3.8) is 0 Å². The first kappa shape index (κ1) is 9.78. The van der Waals surface area contributed by atoms with Gasteiger partial charge in [-0.05, 0) is 30.2 Å². The molecule has 0 aliphatic carbocycles. The molecule has 1 aromatic rings. The van der Waals surface area contributed by atoms with Gasteiger partial charge in [-0.25, -0.2) is 0 Å². The highest BCUT2D eigenvalue weighted by Crippen LogP contribution is 2.17. The van der Waals surface area contributed by atoms with Crippen LogP contribution in [0, 0.1) is 0 Å². The highest BCUT2D eigenvalue weighted by atomic mass is 16.1. The first-order valence-electron chi connectivity index (χ1n) is 4.44. The quantitative estimate of drug-likeness (QED) is 0.659. The van der Waals surface area contributed by atoms with Crippen LogP contribution in [0.1, 0.15) is 22.8 Å². The van der Waals surface area contributed by atoms with Crippen molar-refractivity contribution in [1.29, 1.82) is 0 Å². The molecule has 1 rings (SSSR count). The SMILES string of the molecule is CCc1cc(N(C)C)ccc1C=O. The Balaban J connectivity index is 3.12. The molecule has 0 saturated heterocycles. The van der Waals surface area contributed by atoms with Crippen molar-refractivity contribution in [2.24, 2.45) is 0 Å². The summed E-state index contributed by atoms with van der Waals surface area (Å²) >= 11 is 0. The maximum atomic E-state index is 10.7.